The minimum atomic E-state index is -0.0710. The summed E-state index contributed by atoms with van der Waals surface area (Å²) in [6.45, 7) is 5.41. The first-order valence-electron chi connectivity index (χ1n) is 9.73. The van der Waals surface area contributed by atoms with Crippen molar-refractivity contribution >= 4 is 0 Å². The Morgan fingerprint density at radius 3 is 2.79 bits per heavy atom. The highest BCUT2D eigenvalue weighted by atomic mass is 16.5. The van der Waals surface area contributed by atoms with Crippen LogP contribution in [0.25, 0.3) is 11.4 Å². The van der Waals surface area contributed by atoms with Gasteiger partial charge in [0.25, 0.3) is 0 Å². The SMILES string of the molecule is CC(C)C(NCc1cccc(OCCCC#N)c1)c1nc(-c2ccncc2)no1. The van der Waals surface area contributed by atoms with Crippen LogP contribution in [0.2, 0.25) is 0 Å². The number of pyridine rings is 1. The van der Waals surface area contributed by atoms with Crippen LogP contribution in [0.1, 0.15) is 44.2 Å². The first-order chi connectivity index (χ1) is 14.2. The van der Waals surface area contributed by atoms with E-state index in [0.717, 1.165) is 23.3 Å². The Morgan fingerprint density at radius 1 is 1.21 bits per heavy atom. The molecule has 0 spiro atoms. The van der Waals surface area contributed by atoms with Gasteiger partial charge in [-0.1, -0.05) is 31.1 Å². The zero-order valence-electron chi connectivity index (χ0n) is 16.7. The van der Waals surface area contributed by atoms with Crippen LogP contribution in [0, 0.1) is 17.2 Å². The molecule has 150 valence electrons. The Labute approximate surface area is 170 Å². The van der Waals surface area contributed by atoms with Gasteiger partial charge in [0.2, 0.25) is 11.7 Å². The molecule has 0 aliphatic heterocycles. The fourth-order valence-corrected chi connectivity index (χ4v) is 2.90. The van der Waals surface area contributed by atoms with Crippen molar-refractivity contribution in [3.05, 3.63) is 60.2 Å². The predicted octanol–water partition coefficient (Wildman–Crippen LogP) is 4.30. The Balaban J connectivity index is 1.63. The van der Waals surface area contributed by atoms with Gasteiger partial charge in [0.1, 0.15) is 5.75 Å². The molecule has 1 atom stereocenters. The van der Waals surface area contributed by atoms with E-state index in [0.29, 0.717) is 31.3 Å². The highest BCUT2D eigenvalue weighted by Gasteiger charge is 2.22. The topological polar surface area (TPSA) is 96.9 Å². The minimum absolute atomic E-state index is 0.0710. The molecule has 1 N–H and O–H groups in total. The standard InChI is InChI=1S/C22H25N5O2/c1-16(2)20(22-26-21(27-29-22)18-8-11-24-12-9-18)25-15-17-6-5-7-19(14-17)28-13-4-3-10-23/h5-9,11-12,14,16,20,25H,3-4,13,15H2,1-2H3. The average molecular weight is 391 g/mol. The van der Waals surface area contributed by atoms with Gasteiger partial charge in [0.15, 0.2) is 0 Å². The van der Waals surface area contributed by atoms with Gasteiger partial charge >= 0.3 is 0 Å². The van der Waals surface area contributed by atoms with E-state index in [4.69, 9.17) is 14.5 Å². The van der Waals surface area contributed by atoms with Crippen LogP contribution in [0.15, 0.2) is 53.3 Å². The van der Waals surface area contributed by atoms with Crippen molar-refractivity contribution in [2.24, 2.45) is 5.92 Å². The van der Waals surface area contributed by atoms with Crippen LogP contribution in [0.3, 0.4) is 0 Å². The Kier molecular flexibility index (Phi) is 7.31. The fraction of sp³-hybridized carbons (Fsp3) is 0.364. The van der Waals surface area contributed by atoms with E-state index in [1.807, 2.05) is 36.4 Å². The third-order valence-electron chi connectivity index (χ3n) is 4.44. The molecule has 0 fully saturated rings. The molecule has 1 unspecified atom stereocenters. The third-order valence-corrected chi connectivity index (χ3v) is 4.44. The van der Waals surface area contributed by atoms with Gasteiger partial charge in [-0.25, -0.2) is 0 Å². The van der Waals surface area contributed by atoms with Crippen molar-refractivity contribution < 1.29 is 9.26 Å². The van der Waals surface area contributed by atoms with Gasteiger partial charge in [-0.3, -0.25) is 4.98 Å². The largest absolute Gasteiger partial charge is 0.494 e. The number of hydrogen-bond donors (Lipinski definition) is 1. The monoisotopic (exact) mass is 391 g/mol. The first-order valence-corrected chi connectivity index (χ1v) is 9.73. The summed E-state index contributed by atoms with van der Waals surface area (Å²) in [4.78, 5) is 8.59. The number of nitriles is 1. The molecule has 3 rings (SSSR count). The van der Waals surface area contributed by atoms with Crippen LogP contribution >= 0.6 is 0 Å². The van der Waals surface area contributed by atoms with Gasteiger partial charge in [0.05, 0.1) is 18.7 Å². The van der Waals surface area contributed by atoms with Crippen LogP contribution < -0.4 is 10.1 Å². The lowest BCUT2D eigenvalue weighted by molar-refractivity contribution is 0.287. The van der Waals surface area contributed by atoms with Crippen LogP contribution in [-0.2, 0) is 6.54 Å². The smallest absolute Gasteiger partial charge is 0.244 e. The van der Waals surface area contributed by atoms with Crippen molar-refractivity contribution in [1.82, 2.24) is 20.4 Å². The molecule has 3 aromatic rings. The molecule has 0 amide bonds. The highest BCUT2D eigenvalue weighted by Crippen LogP contribution is 2.24. The molecule has 29 heavy (non-hydrogen) atoms. The minimum Gasteiger partial charge on any atom is -0.494 e. The summed E-state index contributed by atoms with van der Waals surface area (Å²) in [5.74, 6) is 2.20. The van der Waals surface area contributed by atoms with Gasteiger partial charge < -0.3 is 14.6 Å². The number of ether oxygens (including phenoxy) is 1. The van der Waals surface area contributed by atoms with Crippen molar-refractivity contribution in [2.75, 3.05) is 6.61 Å². The Bertz CT molecular complexity index is 934. The van der Waals surface area contributed by atoms with E-state index in [-0.39, 0.29) is 12.0 Å². The van der Waals surface area contributed by atoms with Crippen molar-refractivity contribution in [2.45, 2.75) is 39.3 Å². The molecule has 0 aliphatic carbocycles. The molecule has 7 nitrogen and oxygen atoms in total. The van der Waals surface area contributed by atoms with Gasteiger partial charge in [-0.2, -0.15) is 10.2 Å². The van der Waals surface area contributed by atoms with E-state index >= 15 is 0 Å². The number of benzene rings is 1. The summed E-state index contributed by atoms with van der Waals surface area (Å²) < 4.78 is 11.3. The molecule has 0 saturated carbocycles. The second-order valence-corrected chi connectivity index (χ2v) is 7.05. The summed E-state index contributed by atoms with van der Waals surface area (Å²) in [7, 11) is 0. The number of aromatic nitrogens is 3. The molecule has 0 saturated heterocycles. The van der Waals surface area contributed by atoms with E-state index in [1.165, 1.54) is 0 Å². The summed E-state index contributed by atoms with van der Waals surface area (Å²) in [5, 5.41) is 16.2. The van der Waals surface area contributed by atoms with Crippen molar-refractivity contribution in [3.63, 3.8) is 0 Å². The second kappa shape index (κ2) is 10.3. The van der Waals surface area contributed by atoms with Gasteiger partial charge in [-0.15, -0.1) is 0 Å². The van der Waals surface area contributed by atoms with E-state index in [2.05, 4.69) is 40.4 Å². The predicted molar refractivity (Wildman–Crippen MR) is 109 cm³/mol. The molecule has 0 bridgehead atoms. The number of hydrogen-bond acceptors (Lipinski definition) is 7. The average Bonchev–Trinajstić information content (AvgIpc) is 3.22. The lowest BCUT2D eigenvalue weighted by Gasteiger charge is -2.18. The molecule has 2 heterocycles. The number of nitrogens with zero attached hydrogens (tertiary/aromatic N) is 4. The zero-order chi connectivity index (χ0) is 20.5. The summed E-state index contributed by atoms with van der Waals surface area (Å²) in [6, 6.07) is 13.7. The molecule has 7 heteroatoms. The maximum absolute atomic E-state index is 8.60. The van der Waals surface area contributed by atoms with Crippen molar-refractivity contribution in [1.29, 1.82) is 5.26 Å². The number of nitrogens with one attached hydrogen (secondary N) is 1. The van der Waals surface area contributed by atoms with Crippen LogP contribution in [0.4, 0.5) is 0 Å². The maximum atomic E-state index is 8.60. The second-order valence-electron chi connectivity index (χ2n) is 7.05. The normalized spacial score (nSPS) is 11.9. The van der Waals surface area contributed by atoms with Crippen molar-refractivity contribution in [3.8, 4) is 23.2 Å². The van der Waals surface area contributed by atoms with E-state index in [9.17, 15) is 0 Å². The summed E-state index contributed by atoms with van der Waals surface area (Å²) >= 11 is 0. The van der Waals surface area contributed by atoms with Crippen LogP contribution in [-0.4, -0.2) is 21.7 Å². The summed E-state index contributed by atoms with van der Waals surface area (Å²) in [5.41, 5.74) is 1.97. The van der Waals surface area contributed by atoms with Crippen LogP contribution in [0.5, 0.6) is 5.75 Å². The molecule has 0 aliphatic rings. The van der Waals surface area contributed by atoms with E-state index in [1.54, 1.807) is 12.4 Å². The lowest BCUT2D eigenvalue weighted by atomic mass is 10.0. The lowest BCUT2D eigenvalue weighted by Crippen LogP contribution is -2.25. The fourth-order valence-electron chi connectivity index (χ4n) is 2.90. The highest BCUT2D eigenvalue weighted by molar-refractivity contribution is 5.52. The third kappa shape index (κ3) is 5.87. The molecule has 0 radical (unpaired) electrons. The number of rotatable bonds is 10. The van der Waals surface area contributed by atoms with E-state index < -0.39 is 0 Å². The molecular weight excluding hydrogens is 366 g/mol. The molecular formula is C22H25N5O2. The van der Waals surface area contributed by atoms with Gasteiger partial charge in [-0.05, 0) is 42.2 Å². The molecule has 2 aromatic heterocycles. The zero-order valence-corrected chi connectivity index (χ0v) is 16.7. The van der Waals surface area contributed by atoms with Gasteiger partial charge in [0, 0.05) is 30.9 Å². The summed E-state index contributed by atoms with van der Waals surface area (Å²) in [6.07, 6.45) is 4.65. The Morgan fingerprint density at radius 2 is 2.03 bits per heavy atom. The number of unbranched alkanes of at least 4 members (excludes halogenated alkanes) is 1. The Hall–Kier alpha value is -3.24. The molecule has 1 aromatic carbocycles. The quantitative estimate of drug-likeness (QED) is 0.515. The maximum Gasteiger partial charge on any atom is 0.244 e. The first kappa shape index (κ1) is 20.5.